The van der Waals surface area contributed by atoms with Crippen LogP contribution in [0.2, 0.25) is 0 Å². The number of aliphatic carboxylic acids is 1. The molecule has 0 saturated carbocycles. The average molecular weight is 473 g/mol. The van der Waals surface area contributed by atoms with Crippen molar-refractivity contribution >= 4 is 29.3 Å². The Hall–Kier alpha value is -2.37. The monoisotopic (exact) mass is 472 g/mol. The van der Waals surface area contributed by atoms with Gasteiger partial charge in [0.2, 0.25) is 0 Å². The van der Waals surface area contributed by atoms with Gasteiger partial charge >= 0.3 is 5.97 Å². The summed E-state index contributed by atoms with van der Waals surface area (Å²) in [7, 11) is 0. The Morgan fingerprint density at radius 1 is 1.19 bits per heavy atom. The molecule has 1 aliphatic rings. The normalized spacial score (nSPS) is 17.6. The number of benzene rings is 2. The number of carbonyl (C=O) groups is 1. The highest BCUT2D eigenvalue weighted by Crippen LogP contribution is 2.41. The molecule has 1 atom stereocenters. The first kappa shape index (κ1) is 24.3. The van der Waals surface area contributed by atoms with E-state index in [0.29, 0.717) is 13.0 Å². The number of para-hydroxylation sites is 1. The van der Waals surface area contributed by atoms with E-state index in [1.165, 1.54) is 0 Å². The van der Waals surface area contributed by atoms with E-state index in [-0.39, 0.29) is 6.42 Å². The maximum absolute atomic E-state index is 11.0. The molecule has 0 aromatic heterocycles. The Morgan fingerprint density at radius 3 is 2.75 bits per heavy atom. The van der Waals surface area contributed by atoms with E-state index in [1.54, 1.807) is 11.8 Å². The smallest absolute Gasteiger partial charge is 0.307 e. The second-order valence-electron chi connectivity index (χ2n) is 7.70. The Morgan fingerprint density at radius 2 is 2.00 bits per heavy atom. The maximum Gasteiger partial charge on any atom is 0.307 e. The molecule has 2 aromatic carbocycles. The van der Waals surface area contributed by atoms with Crippen molar-refractivity contribution in [1.29, 1.82) is 0 Å². The fourth-order valence-electron chi connectivity index (χ4n) is 3.50. The van der Waals surface area contributed by atoms with Gasteiger partial charge in [-0.3, -0.25) is 4.79 Å². The van der Waals surface area contributed by atoms with Crippen LogP contribution in [0.4, 0.5) is 0 Å². The number of allylic oxidation sites excluding steroid dienone is 2. The lowest BCUT2D eigenvalue weighted by Gasteiger charge is -2.26. The first-order valence-corrected chi connectivity index (χ1v) is 12.2. The van der Waals surface area contributed by atoms with E-state index >= 15 is 0 Å². The van der Waals surface area contributed by atoms with E-state index in [4.69, 9.17) is 26.2 Å². The molecule has 0 fully saturated rings. The highest BCUT2D eigenvalue weighted by Gasteiger charge is 2.28. The Labute approximate surface area is 199 Å². The number of hydrogen-bond acceptors (Lipinski definition) is 4. The summed E-state index contributed by atoms with van der Waals surface area (Å²) >= 11 is 8.32. The van der Waals surface area contributed by atoms with E-state index in [1.807, 2.05) is 60.7 Å². The van der Waals surface area contributed by atoms with Crippen molar-refractivity contribution < 1.29 is 19.4 Å². The van der Waals surface area contributed by atoms with Gasteiger partial charge in [-0.15, -0.1) is 23.4 Å². The van der Waals surface area contributed by atoms with Gasteiger partial charge in [0, 0.05) is 6.42 Å². The molecule has 170 valence electrons. The third-order valence-electron chi connectivity index (χ3n) is 4.94. The number of carboxylic acid groups (broad SMARTS) is 1. The number of alkyl halides is 1. The summed E-state index contributed by atoms with van der Waals surface area (Å²) in [5.74, 6) is 2.51. The number of carboxylic acids is 1. The minimum atomic E-state index is -0.827. The molecule has 0 aliphatic heterocycles. The lowest BCUT2D eigenvalue weighted by atomic mass is 10.0. The fraction of sp³-hybridized carbons (Fsp3) is 0.346. The number of halogens is 1. The second kappa shape index (κ2) is 12.0. The number of thioether (sulfide) groups is 1. The van der Waals surface area contributed by atoms with E-state index in [0.717, 1.165) is 53.4 Å². The number of aryl methyl sites for hydroxylation is 1. The molecular formula is C26H29ClO4S. The number of ether oxygens (including phenoxy) is 2. The first-order chi connectivity index (χ1) is 15.5. The number of hydrogen-bond donors (Lipinski definition) is 1. The molecular weight excluding hydrogens is 444 g/mol. The quantitative estimate of drug-likeness (QED) is 0.261. The Kier molecular flexibility index (Phi) is 9.12. The molecule has 0 bridgehead atoms. The van der Waals surface area contributed by atoms with Crippen molar-refractivity contribution in [3.05, 3.63) is 77.9 Å². The molecule has 0 heterocycles. The van der Waals surface area contributed by atoms with Gasteiger partial charge in [-0.25, -0.2) is 0 Å². The second-order valence-corrected chi connectivity index (χ2v) is 10.0. The van der Waals surface area contributed by atoms with Crippen molar-refractivity contribution in [1.82, 2.24) is 0 Å². The summed E-state index contributed by atoms with van der Waals surface area (Å²) in [4.78, 5) is 11.0. The van der Waals surface area contributed by atoms with Gasteiger partial charge in [0.05, 0.1) is 13.0 Å². The largest absolute Gasteiger partial charge is 0.493 e. The van der Waals surface area contributed by atoms with Crippen LogP contribution < -0.4 is 9.47 Å². The minimum Gasteiger partial charge on any atom is -0.493 e. The Bertz CT molecular complexity index is 958. The third-order valence-corrected chi connectivity index (χ3v) is 6.78. The van der Waals surface area contributed by atoms with Crippen LogP contribution >= 0.6 is 23.4 Å². The van der Waals surface area contributed by atoms with Crippen LogP contribution in [0, 0.1) is 0 Å². The molecule has 0 amide bonds. The van der Waals surface area contributed by atoms with Crippen LogP contribution in [0.25, 0.3) is 0 Å². The molecule has 4 nitrogen and oxygen atoms in total. The zero-order chi connectivity index (χ0) is 22.8. The molecule has 6 heteroatoms. The van der Waals surface area contributed by atoms with E-state index in [2.05, 4.69) is 13.0 Å². The van der Waals surface area contributed by atoms with Gasteiger partial charge in [-0.2, -0.15) is 0 Å². The van der Waals surface area contributed by atoms with Crippen molar-refractivity contribution in [3.63, 3.8) is 0 Å². The SMILES string of the molecule is CCCc1cc(Oc2ccccc2)ccc1OCCCSC1(Cl)C=CC=C(CC(=O)O)C1. The summed E-state index contributed by atoms with van der Waals surface area (Å²) in [6, 6.07) is 15.7. The highest BCUT2D eigenvalue weighted by molar-refractivity contribution is 8.02. The predicted molar refractivity (Wildman–Crippen MR) is 132 cm³/mol. The first-order valence-electron chi connectivity index (χ1n) is 10.9. The molecule has 0 radical (unpaired) electrons. The van der Waals surface area contributed by atoms with E-state index < -0.39 is 10.2 Å². The fourth-order valence-corrected chi connectivity index (χ4v) is 5.04. The van der Waals surface area contributed by atoms with Crippen LogP contribution in [0.15, 0.2) is 72.3 Å². The molecule has 3 rings (SSSR count). The maximum atomic E-state index is 11.0. The Balaban J connectivity index is 1.48. The molecule has 1 unspecified atom stereocenters. The topological polar surface area (TPSA) is 55.8 Å². The number of rotatable bonds is 12. The molecule has 1 N–H and O–H groups in total. The van der Waals surface area contributed by atoms with Crippen LogP contribution in [0.1, 0.15) is 38.2 Å². The van der Waals surface area contributed by atoms with Crippen LogP contribution in [-0.4, -0.2) is 27.6 Å². The summed E-state index contributed by atoms with van der Waals surface area (Å²) in [6.07, 6.45) is 9.01. The van der Waals surface area contributed by atoms with Gasteiger partial charge in [0.25, 0.3) is 0 Å². The average Bonchev–Trinajstić information content (AvgIpc) is 2.75. The van der Waals surface area contributed by atoms with Crippen molar-refractivity contribution in [2.24, 2.45) is 0 Å². The van der Waals surface area contributed by atoms with Crippen molar-refractivity contribution in [3.8, 4) is 17.2 Å². The highest BCUT2D eigenvalue weighted by atomic mass is 35.5. The van der Waals surface area contributed by atoms with Crippen molar-refractivity contribution in [2.75, 3.05) is 12.4 Å². The van der Waals surface area contributed by atoms with E-state index in [9.17, 15) is 4.79 Å². The van der Waals surface area contributed by atoms with Gasteiger partial charge in [-0.05, 0) is 54.5 Å². The predicted octanol–water partition coefficient (Wildman–Crippen LogP) is 7.23. The van der Waals surface area contributed by atoms with Gasteiger partial charge < -0.3 is 14.6 Å². The molecule has 2 aromatic rings. The van der Waals surface area contributed by atoms with Crippen LogP contribution in [-0.2, 0) is 11.2 Å². The minimum absolute atomic E-state index is 0.0344. The summed E-state index contributed by atoms with van der Waals surface area (Å²) in [6.45, 7) is 2.74. The van der Waals surface area contributed by atoms with Crippen LogP contribution in [0.3, 0.4) is 0 Å². The molecule has 32 heavy (non-hydrogen) atoms. The summed E-state index contributed by atoms with van der Waals surface area (Å²) in [5, 5.41) is 9.00. The van der Waals surface area contributed by atoms with Gasteiger partial charge in [0.1, 0.15) is 21.5 Å². The third kappa shape index (κ3) is 7.64. The van der Waals surface area contributed by atoms with Gasteiger partial charge in [-0.1, -0.05) is 55.3 Å². The van der Waals surface area contributed by atoms with Gasteiger partial charge in [0.15, 0.2) is 0 Å². The summed E-state index contributed by atoms with van der Waals surface area (Å²) < 4.78 is 11.4. The zero-order valence-electron chi connectivity index (χ0n) is 18.3. The standard InChI is InChI=1S/C26H29ClO4S/c1-2-8-21-18-23(31-22-10-4-3-5-11-22)12-13-24(21)30-15-7-16-32-26(27)14-6-9-20(19-26)17-25(28)29/h3-6,9-14,18H,2,7-8,15-17,19H2,1H3,(H,28,29). The molecule has 0 spiro atoms. The lowest BCUT2D eigenvalue weighted by Crippen LogP contribution is -2.19. The summed E-state index contributed by atoms with van der Waals surface area (Å²) in [5.41, 5.74) is 1.99. The molecule has 0 saturated heterocycles. The van der Waals surface area contributed by atoms with Crippen LogP contribution in [0.5, 0.6) is 17.2 Å². The molecule has 1 aliphatic carbocycles. The lowest BCUT2D eigenvalue weighted by molar-refractivity contribution is -0.136. The van der Waals surface area contributed by atoms with Crippen molar-refractivity contribution in [2.45, 2.75) is 43.2 Å². The zero-order valence-corrected chi connectivity index (χ0v) is 19.8.